The van der Waals surface area contributed by atoms with Gasteiger partial charge in [-0.3, -0.25) is 4.79 Å². The van der Waals surface area contributed by atoms with Gasteiger partial charge in [-0.05, 0) is 42.4 Å². The van der Waals surface area contributed by atoms with Gasteiger partial charge < -0.3 is 10.4 Å². The number of hydrogen-bond donors (Lipinski definition) is 2. The van der Waals surface area contributed by atoms with Crippen molar-refractivity contribution < 1.29 is 9.90 Å². The molecule has 0 saturated heterocycles. The molecule has 3 nitrogen and oxygen atoms in total. The van der Waals surface area contributed by atoms with Crippen LogP contribution in [0, 0.1) is 17.8 Å². The minimum absolute atomic E-state index is 0.0427. The third kappa shape index (κ3) is 2.15. The minimum atomic E-state index is 0.0427. The first-order chi connectivity index (χ1) is 8.79. The fourth-order valence-corrected chi connectivity index (χ4v) is 3.30. The lowest BCUT2D eigenvalue weighted by Crippen LogP contribution is -2.15. The summed E-state index contributed by atoms with van der Waals surface area (Å²) in [6.07, 6.45) is 5.03. The smallest absolute Gasteiger partial charge is 0.228 e. The van der Waals surface area contributed by atoms with Crippen LogP contribution in [0.4, 0.5) is 5.69 Å². The fourth-order valence-electron chi connectivity index (χ4n) is 3.30. The quantitative estimate of drug-likeness (QED) is 0.859. The van der Waals surface area contributed by atoms with E-state index in [1.54, 1.807) is 0 Å². The predicted molar refractivity (Wildman–Crippen MR) is 69.9 cm³/mol. The largest absolute Gasteiger partial charge is 0.392 e. The summed E-state index contributed by atoms with van der Waals surface area (Å²) >= 11 is 0. The van der Waals surface area contributed by atoms with Crippen molar-refractivity contribution in [1.29, 1.82) is 0 Å². The number of fused-ring (bicyclic) bond motifs is 1. The molecule has 0 aromatic heterocycles. The molecule has 3 rings (SSSR count). The number of carbonyl (C=O) groups is 1. The van der Waals surface area contributed by atoms with Gasteiger partial charge in [0.05, 0.1) is 6.61 Å². The number of nitrogens with one attached hydrogen (secondary N) is 1. The highest BCUT2D eigenvalue weighted by Crippen LogP contribution is 2.55. The Morgan fingerprint density at radius 3 is 2.33 bits per heavy atom. The lowest BCUT2D eigenvalue weighted by molar-refractivity contribution is -0.117. The van der Waals surface area contributed by atoms with Gasteiger partial charge in [-0.15, -0.1) is 0 Å². The van der Waals surface area contributed by atoms with Crippen molar-refractivity contribution in [2.45, 2.75) is 32.3 Å². The van der Waals surface area contributed by atoms with Crippen molar-refractivity contribution in [1.82, 2.24) is 0 Å². The van der Waals surface area contributed by atoms with Gasteiger partial charge in [0, 0.05) is 11.6 Å². The van der Waals surface area contributed by atoms with E-state index in [2.05, 4.69) is 5.32 Å². The van der Waals surface area contributed by atoms with Crippen LogP contribution in [0.2, 0.25) is 0 Å². The predicted octanol–water partition coefficient (Wildman–Crippen LogP) is 2.55. The first-order valence-electron chi connectivity index (χ1n) is 6.80. The van der Waals surface area contributed by atoms with Gasteiger partial charge in [-0.1, -0.05) is 25.0 Å². The summed E-state index contributed by atoms with van der Waals surface area (Å²) in [4.78, 5) is 12.1. The number of anilines is 1. The Morgan fingerprint density at radius 1 is 1.17 bits per heavy atom. The van der Waals surface area contributed by atoms with E-state index in [1.807, 2.05) is 24.3 Å². The highest BCUT2D eigenvalue weighted by Gasteiger charge is 2.54. The maximum Gasteiger partial charge on any atom is 0.228 e. The summed E-state index contributed by atoms with van der Waals surface area (Å²) in [5.41, 5.74) is 1.70. The summed E-state index contributed by atoms with van der Waals surface area (Å²) in [7, 11) is 0. The molecule has 0 bridgehead atoms. The standard InChI is InChI=1S/C15H19NO2/c17-9-10-5-7-11(8-6-10)16-15(18)14-12-3-1-2-4-13(12)14/h5-8,12-14,17H,1-4,9H2,(H,16,18). The van der Waals surface area contributed by atoms with E-state index < -0.39 is 0 Å². The van der Waals surface area contributed by atoms with Gasteiger partial charge >= 0.3 is 0 Å². The lowest BCUT2D eigenvalue weighted by Gasteiger charge is -2.05. The third-order valence-corrected chi connectivity index (χ3v) is 4.36. The highest BCUT2D eigenvalue weighted by molar-refractivity contribution is 5.94. The molecule has 18 heavy (non-hydrogen) atoms. The summed E-state index contributed by atoms with van der Waals surface area (Å²) in [6.45, 7) is 0.0427. The van der Waals surface area contributed by atoms with Crippen molar-refractivity contribution >= 4 is 11.6 Å². The Balaban J connectivity index is 1.60. The van der Waals surface area contributed by atoms with Crippen LogP contribution in [0.5, 0.6) is 0 Å². The van der Waals surface area contributed by atoms with Gasteiger partial charge in [0.15, 0.2) is 0 Å². The molecular weight excluding hydrogens is 226 g/mol. The van der Waals surface area contributed by atoms with Gasteiger partial charge in [0.25, 0.3) is 0 Å². The SMILES string of the molecule is O=C(Nc1ccc(CO)cc1)C1C2CCCCC21. The Morgan fingerprint density at radius 2 is 1.78 bits per heavy atom. The molecule has 2 fully saturated rings. The van der Waals surface area contributed by atoms with Crippen molar-refractivity contribution in [2.24, 2.45) is 17.8 Å². The average molecular weight is 245 g/mol. The lowest BCUT2D eigenvalue weighted by atomic mass is 10.0. The number of benzene rings is 1. The molecule has 1 aromatic carbocycles. The molecule has 2 aliphatic carbocycles. The van der Waals surface area contributed by atoms with Crippen LogP contribution in [0.3, 0.4) is 0 Å². The Bertz CT molecular complexity index is 428. The molecule has 0 radical (unpaired) electrons. The molecule has 2 atom stereocenters. The number of rotatable bonds is 3. The topological polar surface area (TPSA) is 49.3 Å². The fraction of sp³-hybridized carbons (Fsp3) is 0.533. The second kappa shape index (κ2) is 4.73. The molecule has 0 aliphatic heterocycles. The van der Waals surface area contributed by atoms with Crippen LogP contribution < -0.4 is 5.32 Å². The van der Waals surface area contributed by atoms with Gasteiger partial charge in [0.2, 0.25) is 5.91 Å². The second-order valence-corrected chi connectivity index (χ2v) is 5.48. The highest BCUT2D eigenvalue weighted by atomic mass is 16.3. The third-order valence-electron chi connectivity index (χ3n) is 4.36. The van der Waals surface area contributed by atoms with Gasteiger partial charge in [-0.2, -0.15) is 0 Å². The van der Waals surface area contributed by atoms with Crippen molar-refractivity contribution in [3.63, 3.8) is 0 Å². The average Bonchev–Trinajstić information content (AvgIpc) is 3.14. The van der Waals surface area contributed by atoms with Gasteiger partial charge in [-0.25, -0.2) is 0 Å². The minimum Gasteiger partial charge on any atom is -0.392 e. The van der Waals surface area contributed by atoms with E-state index in [0.29, 0.717) is 11.8 Å². The zero-order valence-corrected chi connectivity index (χ0v) is 10.4. The van der Waals surface area contributed by atoms with E-state index in [9.17, 15) is 4.79 Å². The van der Waals surface area contributed by atoms with Crippen LogP contribution in [0.1, 0.15) is 31.2 Å². The number of hydrogen-bond acceptors (Lipinski definition) is 2. The van der Waals surface area contributed by atoms with E-state index in [-0.39, 0.29) is 18.4 Å². The summed E-state index contributed by atoms with van der Waals surface area (Å²) in [5, 5.41) is 12.0. The van der Waals surface area contributed by atoms with Crippen molar-refractivity contribution in [3.8, 4) is 0 Å². The summed E-state index contributed by atoms with van der Waals surface area (Å²) in [5.74, 6) is 1.74. The zero-order chi connectivity index (χ0) is 12.5. The summed E-state index contributed by atoms with van der Waals surface area (Å²) < 4.78 is 0. The molecule has 2 saturated carbocycles. The Hall–Kier alpha value is -1.35. The van der Waals surface area contributed by atoms with Crippen LogP contribution in [0.15, 0.2) is 24.3 Å². The molecule has 1 aromatic rings. The van der Waals surface area contributed by atoms with E-state index in [4.69, 9.17) is 5.11 Å². The monoisotopic (exact) mass is 245 g/mol. The molecule has 0 spiro atoms. The van der Waals surface area contributed by atoms with Crippen LogP contribution in [-0.4, -0.2) is 11.0 Å². The maximum absolute atomic E-state index is 12.1. The molecule has 2 aliphatic rings. The molecule has 2 N–H and O–H groups in total. The Labute approximate surface area is 107 Å². The maximum atomic E-state index is 12.1. The van der Waals surface area contributed by atoms with Crippen LogP contribution >= 0.6 is 0 Å². The zero-order valence-electron chi connectivity index (χ0n) is 10.4. The molecule has 2 unspecified atom stereocenters. The first kappa shape index (κ1) is 11.7. The van der Waals surface area contributed by atoms with E-state index >= 15 is 0 Å². The molecule has 0 heterocycles. The molecular formula is C15H19NO2. The van der Waals surface area contributed by atoms with E-state index in [0.717, 1.165) is 11.3 Å². The second-order valence-electron chi connectivity index (χ2n) is 5.48. The normalized spacial score (nSPS) is 29.5. The molecule has 1 amide bonds. The first-order valence-corrected chi connectivity index (χ1v) is 6.80. The van der Waals surface area contributed by atoms with E-state index in [1.165, 1.54) is 25.7 Å². The van der Waals surface area contributed by atoms with Crippen LogP contribution in [0.25, 0.3) is 0 Å². The van der Waals surface area contributed by atoms with Crippen LogP contribution in [-0.2, 0) is 11.4 Å². The number of amides is 1. The number of aliphatic hydroxyl groups excluding tert-OH is 1. The number of aliphatic hydroxyl groups is 1. The van der Waals surface area contributed by atoms with Crippen molar-refractivity contribution in [3.05, 3.63) is 29.8 Å². The molecule has 96 valence electrons. The van der Waals surface area contributed by atoms with Gasteiger partial charge in [0.1, 0.15) is 0 Å². The number of carbonyl (C=O) groups excluding carboxylic acids is 1. The Kier molecular flexibility index (Phi) is 3.08. The molecule has 3 heteroatoms. The summed E-state index contributed by atoms with van der Waals surface area (Å²) in [6, 6.07) is 7.40. The van der Waals surface area contributed by atoms with Crippen molar-refractivity contribution in [2.75, 3.05) is 5.32 Å².